The second-order valence-corrected chi connectivity index (χ2v) is 7.21. The Labute approximate surface area is 175 Å². The van der Waals surface area contributed by atoms with Gasteiger partial charge in [-0.15, -0.1) is 0 Å². The second kappa shape index (κ2) is 9.54. The first-order chi connectivity index (χ1) is 14.0. The van der Waals surface area contributed by atoms with Crippen molar-refractivity contribution in [1.82, 2.24) is 25.2 Å². The van der Waals surface area contributed by atoms with Gasteiger partial charge >= 0.3 is 0 Å². The van der Waals surface area contributed by atoms with Crippen LogP contribution in [0.4, 0.5) is 0 Å². The Kier molecular flexibility index (Phi) is 6.85. The number of nitrogens with one attached hydrogen (secondary N) is 2. The van der Waals surface area contributed by atoms with Gasteiger partial charge in [0.25, 0.3) is 5.91 Å². The fraction of sp³-hybridized carbons (Fsp3) is 0.286. The first-order valence-corrected chi connectivity index (χ1v) is 9.64. The predicted molar refractivity (Wildman–Crippen MR) is 114 cm³/mol. The van der Waals surface area contributed by atoms with Gasteiger partial charge in [-0.05, 0) is 51.3 Å². The molecule has 0 saturated carbocycles. The number of benzene rings is 1. The number of rotatable bonds is 8. The largest absolute Gasteiger partial charge is 0.495 e. The standard InChI is InChI=1S/C21H24ClN5O2/c1-27(2)12-4-9-24-21(28)20-25-18(14-7-10-23-11-8-14)19(26-20)15-5-6-16(22)17(13-15)29-3/h5-8,10-11,13H,4,9,12H2,1-3H3,(H,24,28)(H,25,26). The van der Waals surface area contributed by atoms with Crippen LogP contribution in [-0.4, -0.2) is 60.1 Å². The number of ether oxygens (including phenoxy) is 1. The van der Waals surface area contributed by atoms with Gasteiger partial charge in [0.15, 0.2) is 5.82 Å². The van der Waals surface area contributed by atoms with Gasteiger partial charge in [-0.25, -0.2) is 4.98 Å². The predicted octanol–water partition coefficient (Wildman–Crippen LogP) is 3.48. The number of carbonyl (C=O) groups excluding carboxylic acids is 1. The molecule has 0 fully saturated rings. The van der Waals surface area contributed by atoms with Crippen LogP contribution in [0.15, 0.2) is 42.7 Å². The van der Waals surface area contributed by atoms with Crippen molar-refractivity contribution in [3.05, 3.63) is 53.6 Å². The molecule has 0 saturated heterocycles. The van der Waals surface area contributed by atoms with Crippen molar-refractivity contribution in [2.45, 2.75) is 6.42 Å². The Hall–Kier alpha value is -2.90. The summed E-state index contributed by atoms with van der Waals surface area (Å²) in [5, 5.41) is 3.42. The van der Waals surface area contributed by atoms with Crippen LogP contribution < -0.4 is 10.1 Å². The maximum absolute atomic E-state index is 12.6. The topological polar surface area (TPSA) is 83.1 Å². The van der Waals surface area contributed by atoms with Crippen molar-refractivity contribution >= 4 is 17.5 Å². The Bertz CT molecular complexity index is 972. The van der Waals surface area contributed by atoms with Crippen molar-refractivity contribution in [2.75, 3.05) is 34.3 Å². The van der Waals surface area contributed by atoms with E-state index in [-0.39, 0.29) is 11.7 Å². The molecule has 0 aliphatic rings. The Balaban J connectivity index is 1.93. The van der Waals surface area contributed by atoms with Crippen LogP contribution in [0.3, 0.4) is 0 Å². The molecule has 8 heteroatoms. The van der Waals surface area contributed by atoms with Gasteiger partial charge in [0.1, 0.15) is 5.75 Å². The zero-order valence-electron chi connectivity index (χ0n) is 16.7. The minimum absolute atomic E-state index is 0.244. The third kappa shape index (κ3) is 5.13. The van der Waals surface area contributed by atoms with Crippen LogP contribution in [-0.2, 0) is 0 Å². The Morgan fingerprint density at radius 3 is 2.66 bits per heavy atom. The molecule has 0 atom stereocenters. The van der Waals surface area contributed by atoms with E-state index in [9.17, 15) is 4.79 Å². The quantitative estimate of drug-likeness (QED) is 0.552. The van der Waals surface area contributed by atoms with Crippen LogP contribution >= 0.6 is 11.6 Å². The summed E-state index contributed by atoms with van der Waals surface area (Å²) in [6, 6.07) is 9.14. The number of amides is 1. The van der Waals surface area contributed by atoms with Crippen molar-refractivity contribution in [3.63, 3.8) is 0 Å². The maximum atomic E-state index is 12.6. The molecule has 29 heavy (non-hydrogen) atoms. The molecular weight excluding hydrogens is 390 g/mol. The zero-order valence-corrected chi connectivity index (χ0v) is 17.5. The minimum Gasteiger partial charge on any atom is -0.495 e. The van der Waals surface area contributed by atoms with Gasteiger partial charge < -0.3 is 19.9 Å². The van der Waals surface area contributed by atoms with E-state index in [0.717, 1.165) is 29.8 Å². The molecule has 1 amide bonds. The SMILES string of the molecule is COc1cc(-c2nc(C(=O)NCCCN(C)C)[nH]c2-c2ccncc2)ccc1Cl. The third-order valence-corrected chi connectivity index (χ3v) is 4.69. The molecule has 7 nitrogen and oxygen atoms in total. The van der Waals surface area contributed by atoms with Gasteiger partial charge in [-0.2, -0.15) is 0 Å². The monoisotopic (exact) mass is 413 g/mol. The molecule has 1 aromatic carbocycles. The number of H-pyrrole nitrogens is 1. The number of halogens is 1. The molecule has 0 bridgehead atoms. The van der Waals surface area contributed by atoms with Crippen LogP contribution in [0.5, 0.6) is 5.75 Å². The Morgan fingerprint density at radius 1 is 1.21 bits per heavy atom. The highest BCUT2D eigenvalue weighted by atomic mass is 35.5. The average Bonchev–Trinajstić information content (AvgIpc) is 3.17. The van der Waals surface area contributed by atoms with E-state index in [4.69, 9.17) is 16.3 Å². The summed E-state index contributed by atoms with van der Waals surface area (Å²) in [5.41, 5.74) is 3.05. The number of hydrogen-bond donors (Lipinski definition) is 2. The molecule has 0 aliphatic heterocycles. The lowest BCUT2D eigenvalue weighted by molar-refractivity contribution is 0.0943. The average molecular weight is 414 g/mol. The molecule has 3 aromatic rings. The minimum atomic E-state index is -0.244. The number of aromatic amines is 1. The van der Waals surface area contributed by atoms with Crippen molar-refractivity contribution in [1.29, 1.82) is 0 Å². The molecule has 0 aliphatic carbocycles. The summed E-state index contributed by atoms with van der Waals surface area (Å²) in [6.07, 6.45) is 4.25. The molecule has 0 radical (unpaired) electrons. The molecule has 0 spiro atoms. The first-order valence-electron chi connectivity index (χ1n) is 9.27. The summed E-state index contributed by atoms with van der Waals surface area (Å²) in [6.45, 7) is 1.48. The van der Waals surface area contributed by atoms with Gasteiger partial charge in [0.05, 0.1) is 23.5 Å². The van der Waals surface area contributed by atoms with Crippen molar-refractivity contribution < 1.29 is 9.53 Å². The van der Waals surface area contributed by atoms with Crippen LogP contribution in [0, 0.1) is 0 Å². The molecular formula is C21H24ClN5O2. The van der Waals surface area contributed by atoms with E-state index in [1.54, 1.807) is 25.6 Å². The summed E-state index contributed by atoms with van der Waals surface area (Å²) in [4.78, 5) is 26.5. The zero-order chi connectivity index (χ0) is 20.8. The van der Waals surface area contributed by atoms with E-state index in [1.165, 1.54) is 0 Å². The number of nitrogens with zero attached hydrogens (tertiary/aromatic N) is 3. The Morgan fingerprint density at radius 2 is 1.97 bits per heavy atom. The summed E-state index contributed by atoms with van der Waals surface area (Å²) < 4.78 is 5.33. The highest BCUT2D eigenvalue weighted by molar-refractivity contribution is 6.32. The van der Waals surface area contributed by atoms with Gasteiger partial charge in [0.2, 0.25) is 0 Å². The van der Waals surface area contributed by atoms with Crippen LogP contribution in [0.1, 0.15) is 17.0 Å². The third-order valence-electron chi connectivity index (χ3n) is 4.38. The molecule has 2 heterocycles. The lowest BCUT2D eigenvalue weighted by atomic mass is 10.1. The van der Waals surface area contributed by atoms with Crippen LogP contribution in [0.25, 0.3) is 22.5 Å². The summed E-state index contributed by atoms with van der Waals surface area (Å²) in [7, 11) is 5.57. The lowest BCUT2D eigenvalue weighted by Crippen LogP contribution is -2.27. The highest BCUT2D eigenvalue weighted by Crippen LogP contribution is 2.34. The van der Waals surface area contributed by atoms with E-state index >= 15 is 0 Å². The fourth-order valence-electron chi connectivity index (χ4n) is 2.91. The van der Waals surface area contributed by atoms with E-state index < -0.39 is 0 Å². The van der Waals surface area contributed by atoms with E-state index in [1.807, 2.05) is 38.4 Å². The normalized spacial score (nSPS) is 10.9. The lowest BCUT2D eigenvalue weighted by Gasteiger charge is -2.09. The molecule has 2 N–H and O–H groups in total. The van der Waals surface area contributed by atoms with E-state index in [0.29, 0.717) is 23.0 Å². The highest BCUT2D eigenvalue weighted by Gasteiger charge is 2.19. The number of pyridine rings is 1. The summed E-state index contributed by atoms with van der Waals surface area (Å²) >= 11 is 6.16. The van der Waals surface area contributed by atoms with Crippen molar-refractivity contribution in [2.24, 2.45) is 0 Å². The number of methoxy groups -OCH3 is 1. The number of imidazole rings is 1. The maximum Gasteiger partial charge on any atom is 0.287 e. The van der Waals surface area contributed by atoms with Gasteiger partial charge in [-0.3, -0.25) is 9.78 Å². The molecule has 3 rings (SSSR count). The van der Waals surface area contributed by atoms with E-state index in [2.05, 4.69) is 25.2 Å². The number of carbonyl (C=O) groups is 1. The van der Waals surface area contributed by atoms with Gasteiger partial charge in [0, 0.05) is 30.1 Å². The molecule has 152 valence electrons. The number of hydrogen-bond acceptors (Lipinski definition) is 5. The fourth-order valence-corrected chi connectivity index (χ4v) is 3.10. The molecule has 0 unspecified atom stereocenters. The smallest absolute Gasteiger partial charge is 0.287 e. The van der Waals surface area contributed by atoms with Gasteiger partial charge in [-0.1, -0.05) is 17.7 Å². The first kappa shape index (κ1) is 20.8. The molecule has 2 aromatic heterocycles. The van der Waals surface area contributed by atoms with Crippen molar-refractivity contribution in [3.8, 4) is 28.3 Å². The second-order valence-electron chi connectivity index (χ2n) is 6.81. The summed E-state index contributed by atoms with van der Waals surface area (Å²) in [5.74, 6) is 0.555. The number of aromatic nitrogens is 3. The van der Waals surface area contributed by atoms with Crippen LogP contribution in [0.2, 0.25) is 5.02 Å².